The third-order valence-electron chi connectivity index (χ3n) is 5.98. The lowest BCUT2D eigenvalue weighted by molar-refractivity contribution is -0.147. The van der Waals surface area contributed by atoms with Crippen molar-refractivity contribution in [2.75, 3.05) is 12.4 Å². The zero-order valence-electron chi connectivity index (χ0n) is 22.0. The number of tetrazole rings is 1. The zero-order chi connectivity index (χ0) is 29.0. The summed E-state index contributed by atoms with van der Waals surface area (Å²) in [5.74, 6) is -1.74. The van der Waals surface area contributed by atoms with Crippen LogP contribution in [0.15, 0.2) is 43.1 Å². The molecule has 1 saturated carbocycles. The molecule has 0 unspecified atom stereocenters. The first kappa shape index (κ1) is 28.9. The highest BCUT2D eigenvalue weighted by Crippen LogP contribution is 2.28. The third-order valence-corrected chi connectivity index (χ3v) is 6.28. The van der Waals surface area contributed by atoms with Crippen molar-refractivity contribution in [3.63, 3.8) is 0 Å². The van der Waals surface area contributed by atoms with Gasteiger partial charge in [0.1, 0.15) is 5.69 Å². The van der Waals surface area contributed by atoms with E-state index in [2.05, 4.69) is 42.8 Å². The summed E-state index contributed by atoms with van der Waals surface area (Å²) in [6.45, 7) is 7.11. The van der Waals surface area contributed by atoms with Gasteiger partial charge in [0.2, 0.25) is 0 Å². The lowest BCUT2D eigenvalue weighted by Crippen LogP contribution is -2.19. The zero-order valence-corrected chi connectivity index (χ0v) is 22.8. The van der Waals surface area contributed by atoms with Gasteiger partial charge >= 0.3 is 6.18 Å². The van der Waals surface area contributed by atoms with Gasteiger partial charge in [-0.15, -0.1) is 5.10 Å². The number of hydrogen-bond donors (Lipinski definition) is 2. The van der Waals surface area contributed by atoms with Gasteiger partial charge in [-0.3, -0.25) is 4.79 Å². The Labute approximate surface area is 233 Å². The highest BCUT2D eigenvalue weighted by Gasteiger charge is 2.38. The monoisotopic (exact) mass is 573 g/mol. The van der Waals surface area contributed by atoms with Crippen LogP contribution in [0.4, 0.5) is 18.9 Å². The van der Waals surface area contributed by atoms with Gasteiger partial charge in [0.15, 0.2) is 5.82 Å². The largest absolute Gasteiger partial charge is 0.453 e. The van der Waals surface area contributed by atoms with E-state index < -0.39 is 24.5 Å². The Morgan fingerprint density at radius 3 is 2.60 bits per heavy atom. The highest BCUT2D eigenvalue weighted by atomic mass is 35.5. The van der Waals surface area contributed by atoms with E-state index in [9.17, 15) is 18.0 Å². The number of anilines is 1. The Morgan fingerprint density at radius 2 is 2.00 bits per heavy atom. The normalized spacial score (nSPS) is 13.0. The van der Waals surface area contributed by atoms with E-state index in [1.54, 1.807) is 18.2 Å². The van der Waals surface area contributed by atoms with E-state index in [0.717, 1.165) is 17.2 Å². The Kier molecular flexibility index (Phi) is 8.64. The predicted molar refractivity (Wildman–Crippen MR) is 144 cm³/mol. The van der Waals surface area contributed by atoms with E-state index in [0.29, 0.717) is 15.9 Å². The number of amides is 1. The number of aromatic nitrogens is 7. The summed E-state index contributed by atoms with van der Waals surface area (Å²) in [6.07, 6.45) is 1.10. The molecule has 210 valence electrons. The van der Waals surface area contributed by atoms with E-state index in [4.69, 9.17) is 11.6 Å². The maximum atomic E-state index is 13.4. The number of halogens is 4. The van der Waals surface area contributed by atoms with Crippen LogP contribution in [0.5, 0.6) is 0 Å². The molecule has 1 aliphatic rings. The molecule has 40 heavy (non-hydrogen) atoms. The summed E-state index contributed by atoms with van der Waals surface area (Å²) < 4.78 is 41.3. The first-order valence-corrected chi connectivity index (χ1v) is 12.6. The summed E-state index contributed by atoms with van der Waals surface area (Å²) >= 11 is 6.27. The van der Waals surface area contributed by atoms with Crippen molar-refractivity contribution in [3.8, 4) is 5.82 Å². The minimum absolute atomic E-state index is 0.00257. The predicted octanol–water partition coefficient (Wildman–Crippen LogP) is 4.85. The second-order valence-electron chi connectivity index (χ2n) is 9.17. The number of nitrogens with zero attached hydrogens (tertiary/aromatic N) is 7. The second-order valence-corrected chi connectivity index (χ2v) is 9.57. The Morgan fingerprint density at radius 1 is 1.25 bits per heavy atom. The van der Waals surface area contributed by atoms with Crippen LogP contribution in [0, 0.1) is 13.8 Å². The minimum Gasteiger partial charge on any atom is -0.320 e. The van der Waals surface area contributed by atoms with Crippen molar-refractivity contribution in [1.82, 2.24) is 40.3 Å². The fourth-order valence-corrected chi connectivity index (χ4v) is 4.11. The summed E-state index contributed by atoms with van der Waals surface area (Å²) in [7, 11) is 2.01. The quantitative estimate of drug-likeness (QED) is 0.324. The van der Waals surface area contributed by atoms with Gasteiger partial charge in [-0.1, -0.05) is 35.9 Å². The van der Waals surface area contributed by atoms with E-state index in [-0.39, 0.29) is 22.2 Å². The standard InChI is InChI=1S/C22H18ClF3N8O.C4H9N/c1-4-14-9-12(2)8-13(3)18(14)28-20(35)17-10-15(11-33-21(22(24,25)26)29-31-32-33)30-34(17)19-16(23)6-5-7-27-19;1-5-4-2-3-4/h4-10H,1,11H2,2-3H3,(H,28,35);4-5H,2-3H2,1H3. The van der Waals surface area contributed by atoms with Crippen LogP contribution in [0.3, 0.4) is 0 Å². The fourth-order valence-electron chi connectivity index (χ4n) is 3.91. The number of aryl methyl sites for hydroxylation is 2. The summed E-state index contributed by atoms with van der Waals surface area (Å²) in [4.78, 5) is 17.5. The Bertz CT molecular complexity index is 1530. The highest BCUT2D eigenvalue weighted by molar-refractivity contribution is 6.32. The molecule has 14 heteroatoms. The second kappa shape index (κ2) is 12.0. The molecule has 1 aromatic carbocycles. The lowest BCUT2D eigenvalue weighted by atomic mass is 10.0. The van der Waals surface area contributed by atoms with Gasteiger partial charge in [0.05, 0.1) is 22.9 Å². The maximum absolute atomic E-state index is 13.4. The van der Waals surface area contributed by atoms with Gasteiger partial charge in [0, 0.05) is 12.2 Å². The van der Waals surface area contributed by atoms with Crippen molar-refractivity contribution >= 4 is 29.3 Å². The average molecular weight is 574 g/mol. The third kappa shape index (κ3) is 6.72. The number of carbonyl (C=O) groups excluding carboxylic acids is 1. The molecule has 1 amide bonds. The minimum atomic E-state index is -4.76. The van der Waals surface area contributed by atoms with E-state index >= 15 is 0 Å². The van der Waals surface area contributed by atoms with Crippen molar-refractivity contribution < 1.29 is 18.0 Å². The molecule has 3 heterocycles. The molecule has 0 atom stereocenters. The molecular formula is C26H27ClF3N9O. The maximum Gasteiger partial charge on any atom is 0.453 e. The molecule has 1 aliphatic carbocycles. The van der Waals surface area contributed by atoms with Gasteiger partial charge < -0.3 is 10.6 Å². The molecule has 0 spiro atoms. The van der Waals surface area contributed by atoms with Crippen molar-refractivity contribution in [2.24, 2.45) is 0 Å². The number of rotatable bonds is 7. The van der Waals surface area contributed by atoms with Crippen LogP contribution in [0.2, 0.25) is 5.02 Å². The first-order chi connectivity index (χ1) is 19.0. The number of alkyl halides is 3. The Hall–Kier alpha value is -4.10. The summed E-state index contributed by atoms with van der Waals surface area (Å²) in [5.41, 5.74) is 3.12. The number of benzene rings is 1. The summed E-state index contributed by atoms with van der Waals surface area (Å²) in [6, 6.07) is 9.13. The fraction of sp³-hybridized carbons (Fsp3) is 0.308. The van der Waals surface area contributed by atoms with Gasteiger partial charge in [0.25, 0.3) is 11.7 Å². The van der Waals surface area contributed by atoms with Crippen molar-refractivity contribution in [1.29, 1.82) is 0 Å². The van der Waals surface area contributed by atoms with Crippen LogP contribution < -0.4 is 10.6 Å². The molecular weight excluding hydrogens is 547 g/mol. The lowest BCUT2D eigenvalue weighted by Gasteiger charge is -2.14. The molecule has 0 saturated heterocycles. The molecule has 0 radical (unpaired) electrons. The van der Waals surface area contributed by atoms with E-state index in [1.165, 1.54) is 29.8 Å². The molecule has 5 rings (SSSR count). The molecule has 10 nitrogen and oxygen atoms in total. The van der Waals surface area contributed by atoms with Crippen LogP contribution >= 0.6 is 11.6 Å². The van der Waals surface area contributed by atoms with Gasteiger partial charge in [-0.05, 0) is 79.6 Å². The topological polar surface area (TPSA) is 115 Å². The van der Waals surface area contributed by atoms with Crippen LogP contribution in [-0.2, 0) is 12.7 Å². The SMILES string of the molecule is C=Cc1cc(C)cc(C)c1NC(=O)c1cc(Cn2nnnc2C(F)(F)F)nn1-c1ncccc1Cl.CNC1CC1. The molecule has 2 N–H and O–H groups in total. The van der Waals surface area contributed by atoms with Crippen LogP contribution in [0.25, 0.3) is 11.9 Å². The van der Waals surface area contributed by atoms with Crippen molar-refractivity contribution in [3.05, 3.63) is 82.0 Å². The number of carbonyl (C=O) groups is 1. The van der Waals surface area contributed by atoms with Gasteiger partial charge in [-0.2, -0.15) is 18.3 Å². The summed E-state index contributed by atoms with van der Waals surface area (Å²) in [5, 5.41) is 20.0. The number of pyridine rings is 1. The Balaban J connectivity index is 0.000000666. The molecule has 0 bridgehead atoms. The van der Waals surface area contributed by atoms with Crippen molar-refractivity contribution in [2.45, 2.75) is 45.5 Å². The molecule has 0 aliphatic heterocycles. The number of hydrogen-bond acceptors (Lipinski definition) is 7. The molecule has 4 aromatic rings. The number of nitrogens with one attached hydrogen (secondary N) is 2. The van der Waals surface area contributed by atoms with Crippen LogP contribution in [0.1, 0.15) is 51.5 Å². The smallest absolute Gasteiger partial charge is 0.320 e. The average Bonchev–Trinajstić information content (AvgIpc) is 3.48. The molecule has 3 aromatic heterocycles. The first-order valence-electron chi connectivity index (χ1n) is 12.3. The van der Waals surface area contributed by atoms with Crippen LogP contribution in [-0.4, -0.2) is 54.0 Å². The molecule has 1 fully saturated rings. The van der Waals surface area contributed by atoms with E-state index in [1.807, 2.05) is 33.0 Å². The van der Waals surface area contributed by atoms with Gasteiger partial charge in [-0.25, -0.2) is 14.3 Å².